The van der Waals surface area contributed by atoms with Crippen LogP contribution in [0, 0.1) is 161 Å². The summed E-state index contributed by atoms with van der Waals surface area (Å²) in [4.78, 5) is 173. The van der Waals surface area contributed by atoms with Gasteiger partial charge >= 0.3 is 83.6 Å². The molecule has 4 spiro atoms. The second-order valence-corrected chi connectivity index (χ2v) is 50.9. The molecular weight excluding hydrogens is 1770 g/mol. The molecule has 15 saturated carbocycles. The van der Waals surface area contributed by atoms with Crippen LogP contribution in [0.3, 0.4) is 0 Å². The van der Waals surface area contributed by atoms with Crippen molar-refractivity contribution in [3.8, 4) is 0 Å². The number of fused-ring (bicyclic) bond motifs is 16. The summed E-state index contributed by atoms with van der Waals surface area (Å²) >= 11 is 0. The van der Waals surface area contributed by atoms with E-state index in [1.54, 1.807) is 0 Å². The van der Waals surface area contributed by atoms with Gasteiger partial charge in [-0.3, -0.25) is 67.1 Å². The highest BCUT2D eigenvalue weighted by atomic mass is 16.6. The highest BCUT2D eigenvalue weighted by molar-refractivity contribution is 5.89. The van der Waals surface area contributed by atoms with Crippen molar-refractivity contribution < 1.29 is 133 Å². The SMILES string of the molecule is CCC(C)(C)C(=O)OC1C2CC3C1OC(=O)C3C2C(=O)OC1(C)CCCCC1.CCC(C)(C)C(=O)OC1C2CC3C1OC(=O)C3C2C(=O)OC1(CC)CC2CCC1C2.CCC(C)(C)C(=O)OC1CC2CC1C1(CCOC1=O)C2.CCC(C)(C)C(=O)OC1CC2CC1C1(COC(=O)C1)C2.CCC(C)(C)C(=O)OC1CC2CC1CC21CCOC1=O.CCC(C)(C)C(=O)OC1CC2CC1CC21COC(=O)C1. The lowest BCUT2D eigenvalue weighted by Gasteiger charge is -2.39. The lowest BCUT2D eigenvalue weighted by atomic mass is 9.71. The molecule has 0 aromatic rings. The van der Waals surface area contributed by atoms with Crippen molar-refractivity contribution in [3.63, 3.8) is 0 Å². The van der Waals surface area contributed by atoms with Gasteiger partial charge in [-0.15, -0.1) is 0 Å². The largest absolute Gasteiger partial charge is 0.465 e. The van der Waals surface area contributed by atoms with E-state index in [1.165, 1.54) is 12.8 Å². The van der Waals surface area contributed by atoms with Crippen LogP contribution in [0.15, 0.2) is 0 Å². The first-order valence-electron chi connectivity index (χ1n) is 53.7. The van der Waals surface area contributed by atoms with E-state index >= 15 is 0 Å². The van der Waals surface area contributed by atoms with Gasteiger partial charge in [0.15, 0.2) is 0 Å². The Morgan fingerprint density at radius 3 is 1.16 bits per heavy atom. The summed E-state index contributed by atoms with van der Waals surface area (Å²) in [6, 6.07) is 0. The molecule has 31 atom stereocenters. The molecule has 21 rings (SSSR count). The van der Waals surface area contributed by atoms with Gasteiger partial charge in [-0.05, 0) is 336 Å². The van der Waals surface area contributed by atoms with Gasteiger partial charge in [0.25, 0.3) is 0 Å². The van der Waals surface area contributed by atoms with Crippen LogP contribution in [0.5, 0.6) is 0 Å². The Labute approximate surface area is 816 Å². The Balaban J connectivity index is 0.000000121. The van der Waals surface area contributed by atoms with Crippen molar-refractivity contribution in [1.29, 1.82) is 0 Å². The highest BCUT2D eigenvalue weighted by Gasteiger charge is 2.74. The van der Waals surface area contributed by atoms with Crippen LogP contribution < -0.4 is 0 Å². The predicted octanol–water partition coefficient (Wildman–Crippen LogP) is 17.9. The molecule has 138 heavy (non-hydrogen) atoms. The monoisotopic (exact) mass is 1930 g/mol. The summed E-state index contributed by atoms with van der Waals surface area (Å²) in [5.74, 6) is -0.541. The average Bonchev–Trinajstić information content (AvgIpc) is 1.54. The first kappa shape index (κ1) is 103. The highest BCUT2D eigenvalue weighted by Crippen LogP contribution is 2.68. The van der Waals surface area contributed by atoms with Gasteiger partial charge in [0.2, 0.25) is 0 Å². The summed E-state index contributed by atoms with van der Waals surface area (Å²) in [6.45, 7) is 41.1. The van der Waals surface area contributed by atoms with Crippen molar-refractivity contribution in [2.24, 2.45) is 161 Å². The smallest absolute Gasteiger partial charge is 0.312 e. The van der Waals surface area contributed by atoms with Crippen molar-refractivity contribution in [3.05, 3.63) is 0 Å². The van der Waals surface area contributed by atoms with E-state index in [0.29, 0.717) is 118 Å². The molecular formula is C110H162O28. The number of rotatable bonds is 23. The molecule has 14 bridgehead atoms. The maximum atomic E-state index is 13.5. The van der Waals surface area contributed by atoms with Crippen molar-refractivity contribution in [2.75, 3.05) is 26.4 Å². The zero-order valence-corrected chi connectivity index (χ0v) is 86.3. The summed E-state index contributed by atoms with van der Waals surface area (Å²) < 4.78 is 79.1. The Morgan fingerprint density at radius 1 is 0.362 bits per heavy atom. The third kappa shape index (κ3) is 18.8. The van der Waals surface area contributed by atoms with Crippen molar-refractivity contribution in [2.45, 2.75) is 417 Å². The van der Waals surface area contributed by atoms with Crippen LogP contribution in [0.25, 0.3) is 0 Å². The van der Waals surface area contributed by atoms with Gasteiger partial charge in [-0.2, -0.15) is 0 Å². The summed E-state index contributed by atoms with van der Waals surface area (Å²) in [6.07, 6.45) is 28.6. The molecule has 0 amide bonds. The van der Waals surface area contributed by atoms with Gasteiger partial charge in [-0.25, -0.2) is 0 Å². The van der Waals surface area contributed by atoms with Crippen molar-refractivity contribution >= 4 is 83.6 Å². The van der Waals surface area contributed by atoms with E-state index in [-0.39, 0.29) is 165 Å². The molecule has 770 valence electrons. The molecule has 28 nitrogen and oxygen atoms in total. The lowest BCUT2D eigenvalue weighted by Crippen LogP contribution is -2.48. The normalized spacial score (nSPS) is 40.5. The molecule has 6 heterocycles. The summed E-state index contributed by atoms with van der Waals surface area (Å²) in [7, 11) is 0. The molecule has 6 aliphatic heterocycles. The van der Waals surface area contributed by atoms with Crippen LogP contribution in [-0.4, -0.2) is 170 Å². The second kappa shape index (κ2) is 38.3. The molecule has 31 unspecified atom stereocenters. The van der Waals surface area contributed by atoms with Gasteiger partial charge in [0.05, 0.1) is 106 Å². The predicted molar refractivity (Wildman–Crippen MR) is 498 cm³/mol. The number of hydrogen-bond acceptors (Lipinski definition) is 28. The molecule has 28 heteroatoms. The fourth-order valence-corrected chi connectivity index (χ4v) is 29.4. The standard InChI is InChI=1S/C24H34O6.C22H32O6.4C16H24O4/c1-5-23(3,4)22(27)29-19-15-10-14-16(20(25)28-18(14)19)17(15)21(26)30-24(6-2)11-12-7-8-13(24)9-12;1-5-21(2,3)20(25)27-17-13-11-12-14(18(23)26-16(12)17)15(13)19(24)28-22(4)9-7-6-8-10-22;1-4-15(2,3)14(18)20-12-6-11-5-10(12)7-16(11)8-13(17)19-9-16;1-4-15(2,3)14(18)20-12-6-10-5-11(12)16(7-10)8-13(17)19-9-16;1-4-15(2,3)13(17)20-12-8-11-7-10(12)9-16(11)5-6-19-14(16)18;1-4-15(2,3)13(17)20-12-8-10-7-11(12)16(9-10)5-6-19-14(16)18/h12-19H,5-11H2,1-4H3;12-17H,5-11H2,1-4H3;4*10-12H,4-9H2,1-3H3. The number of hydrogen-bond donors (Lipinski definition) is 0. The molecule has 21 aliphatic rings. The van der Waals surface area contributed by atoms with Crippen LogP contribution in [-0.2, 0) is 133 Å². The van der Waals surface area contributed by atoms with E-state index < -0.39 is 86.2 Å². The summed E-state index contributed by atoms with van der Waals surface area (Å²) in [5, 5.41) is 0. The number of carbonyl (C=O) groups is 14. The molecule has 21 fully saturated rings. The van der Waals surface area contributed by atoms with Crippen molar-refractivity contribution in [1.82, 2.24) is 0 Å². The Bertz CT molecular complexity index is 4680. The molecule has 0 radical (unpaired) electrons. The first-order valence-corrected chi connectivity index (χ1v) is 53.7. The number of cyclic esters (lactones) is 4. The number of esters is 14. The quantitative estimate of drug-likeness (QED) is 0.0677. The van der Waals surface area contributed by atoms with Crippen LogP contribution >= 0.6 is 0 Å². The molecule has 15 aliphatic carbocycles. The van der Waals surface area contributed by atoms with E-state index in [1.807, 2.05) is 132 Å². The fourth-order valence-electron chi connectivity index (χ4n) is 29.4. The Hall–Kier alpha value is -7.42. The van der Waals surface area contributed by atoms with Gasteiger partial charge < -0.3 is 66.3 Å². The maximum Gasteiger partial charge on any atom is 0.312 e. The summed E-state index contributed by atoms with van der Waals surface area (Å²) in [5.41, 5.74) is -4.26. The number of ether oxygens (including phenoxy) is 14. The third-order valence-electron chi connectivity index (χ3n) is 40.5. The first-order chi connectivity index (χ1) is 64.9. The number of carbonyl (C=O) groups excluding carboxylic acids is 14. The average molecular weight is 1930 g/mol. The van der Waals surface area contributed by atoms with Crippen LogP contribution in [0.1, 0.15) is 357 Å². The molecule has 0 aromatic heterocycles. The van der Waals surface area contributed by atoms with E-state index in [0.717, 1.165) is 167 Å². The minimum atomic E-state index is -0.602. The minimum absolute atomic E-state index is 0.0105. The minimum Gasteiger partial charge on any atom is -0.465 e. The lowest BCUT2D eigenvalue weighted by molar-refractivity contribution is -0.182. The maximum absolute atomic E-state index is 13.5. The van der Waals surface area contributed by atoms with Crippen LogP contribution in [0.2, 0.25) is 0 Å². The van der Waals surface area contributed by atoms with Gasteiger partial charge in [0.1, 0.15) is 60.0 Å². The second-order valence-electron chi connectivity index (χ2n) is 50.9. The van der Waals surface area contributed by atoms with E-state index in [9.17, 15) is 67.1 Å². The third-order valence-corrected chi connectivity index (χ3v) is 40.5. The topological polar surface area (TPSA) is 368 Å². The van der Waals surface area contributed by atoms with E-state index in [2.05, 4.69) is 6.92 Å². The molecule has 6 saturated heterocycles. The zero-order valence-electron chi connectivity index (χ0n) is 86.3. The molecule has 0 aromatic carbocycles. The Kier molecular flexibility index (Phi) is 28.7. The molecule has 0 N–H and O–H groups in total. The van der Waals surface area contributed by atoms with Gasteiger partial charge in [0, 0.05) is 46.3 Å². The van der Waals surface area contributed by atoms with Crippen LogP contribution in [0.4, 0.5) is 0 Å². The fraction of sp³-hybridized carbons (Fsp3) is 0.873. The Morgan fingerprint density at radius 2 is 0.775 bits per heavy atom. The zero-order chi connectivity index (χ0) is 99.9. The van der Waals surface area contributed by atoms with Gasteiger partial charge in [-0.1, -0.05) is 54.9 Å². The van der Waals surface area contributed by atoms with E-state index in [4.69, 9.17) is 66.3 Å².